The molecule has 158 valence electrons. The highest BCUT2D eigenvalue weighted by atomic mass is 35.5. The molecule has 0 aliphatic carbocycles. The third-order valence-corrected chi connectivity index (χ3v) is 6.24. The molecule has 4 rings (SSSR count). The van der Waals surface area contributed by atoms with Crippen LogP contribution in [0.5, 0.6) is 5.75 Å². The molecule has 1 aromatic rings. The summed E-state index contributed by atoms with van der Waals surface area (Å²) in [5, 5.41) is 0.741. The Hall–Kier alpha value is -1.76. The Kier molecular flexibility index (Phi) is 6.63. The summed E-state index contributed by atoms with van der Waals surface area (Å²) >= 11 is 6.14. The van der Waals surface area contributed by atoms with Gasteiger partial charge in [-0.1, -0.05) is 11.6 Å². The first-order valence-corrected chi connectivity index (χ1v) is 11.0. The third kappa shape index (κ3) is 5.05. The van der Waals surface area contributed by atoms with Crippen LogP contribution in [-0.4, -0.2) is 85.9 Å². The van der Waals surface area contributed by atoms with Crippen molar-refractivity contribution in [3.05, 3.63) is 34.4 Å². The van der Waals surface area contributed by atoms with Crippen LogP contribution < -0.4 is 4.74 Å². The minimum Gasteiger partial charge on any atom is -0.489 e. The second kappa shape index (κ2) is 9.37. The van der Waals surface area contributed by atoms with E-state index in [1.807, 2.05) is 30.0 Å². The molecule has 0 bridgehead atoms. The molecule has 3 heterocycles. The van der Waals surface area contributed by atoms with Crippen molar-refractivity contribution in [2.45, 2.75) is 25.8 Å². The summed E-state index contributed by atoms with van der Waals surface area (Å²) in [4.78, 5) is 18.8. The molecule has 6 nitrogen and oxygen atoms in total. The second-order valence-electron chi connectivity index (χ2n) is 8.03. The maximum atomic E-state index is 11.9. The Morgan fingerprint density at radius 1 is 1.24 bits per heavy atom. The molecule has 2 saturated heterocycles. The number of likely N-dealkylation sites (tertiary alicyclic amines) is 1. The highest BCUT2D eigenvalue weighted by Crippen LogP contribution is 2.29. The van der Waals surface area contributed by atoms with E-state index < -0.39 is 0 Å². The molecule has 3 aliphatic heterocycles. The number of piperazine rings is 1. The Balaban J connectivity index is 1.31. The fourth-order valence-corrected chi connectivity index (χ4v) is 4.71. The van der Waals surface area contributed by atoms with Gasteiger partial charge in [0.15, 0.2) is 0 Å². The summed E-state index contributed by atoms with van der Waals surface area (Å²) in [6.45, 7) is 9.43. The maximum Gasteiger partial charge on any atom is 0.409 e. The number of nitrogens with zero attached hydrogens (tertiary/aromatic N) is 3. The smallest absolute Gasteiger partial charge is 0.409 e. The Morgan fingerprint density at radius 2 is 2.07 bits per heavy atom. The van der Waals surface area contributed by atoms with Gasteiger partial charge >= 0.3 is 6.09 Å². The summed E-state index contributed by atoms with van der Waals surface area (Å²) < 4.78 is 11.0. The van der Waals surface area contributed by atoms with Crippen LogP contribution in [0.4, 0.5) is 4.79 Å². The van der Waals surface area contributed by atoms with Crippen LogP contribution >= 0.6 is 11.6 Å². The SMILES string of the molecule is CCOC(=O)N1CCN([C@H]2CCCN(CC3=Cc4cc(Cl)ccc4OC3)C2)CC1. The Labute approximate surface area is 178 Å². The molecular weight excluding hydrogens is 390 g/mol. The molecule has 0 spiro atoms. The average Bonchev–Trinajstić information content (AvgIpc) is 2.74. The number of halogens is 1. The lowest BCUT2D eigenvalue weighted by Crippen LogP contribution is -2.56. The summed E-state index contributed by atoms with van der Waals surface area (Å²) in [5.74, 6) is 0.911. The first-order valence-electron chi connectivity index (χ1n) is 10.6. The molecule has 1 aromatic carbocycles. The third-order valence-electron chi connectivity index (χ3n) is 6.01. The second-order valence-corrected chi connectivity index (χ2v) is 8.46. The monoisotopic (exact) mass is 419 g/mol. The molecule has 0 radical (unpaired) electrons. The van der Waals surface area contributed by atoms with Crippen molar-refractivity contribution in [3.8, 4) is 5.75 Å². The molecule has 7 heteroatoms. The lowest BCUT2D eigenvalue weighted by atomic mass is 10.0. The van der Waals surface area contributed by atoms with Crippen LogP contribution in [0.2, 0.25) is 5.02 Å². The van der Waals surface area contributed by atoms with E-state index in [1.165, 1.54) is 18.4 Å². The summed E-state index contributed by atoms with van der Waals surface area (Å²) in [6.07, 6.45) is 4.48. The number of rotatable bonds is 4. The van der Waals surface area contributed by atoms with E-state index in [9.17, 15) is 4.79 Å². The van der Waals surface area contributed by atoms with Crippen LogP contribution in [0, 0.1) is 0 Å². The quantitative estimate of drug-likeness (QED) is 0.748. The lowest BCUT2D eigenvalue weighted by molar-refractivity contribution is 0.0442. The van der Waals surface area contributed by atoms with Gasteiger partial charge in [0.05, 0.1) is 6.61 Å². The van der Waals surface area contributed by atoms with Crippen molar-refractivity contribution >= 4 is 23.8 Å². The number of hydrogen-bond acceptors (Lipinski definition) is 5. The van der Waals surface area contributed by atoms with E-state index in [4.69, 9.17) is 21.1 Å². The van der Waals surface area contributed by atoms with Crippen molar-refractivity contribution in [2.75, 3.05) is 59.0 Å². The van der Waals surface area contributed by atoms with Crippen LogP contribution in [-0.2, 0) is 4.74 Å². The van der Waals surface area contributed by atoms with Crippen LogP contribution in [0.1, 0.15) is 25.3 Å². The van der Waals surface area contributed by atoms with Crippen LogP contribution in [0.3, 0.4) is 0 Å². The number of carbonyl (C=O) groups is 1. The Bertz CT molecular complexity index is 762. The maximum absolute atomic E-state index is 11.9. The fourth-order valence-electron chi connectivity index (χ4n) is 4.53. The van der Waals surface area contributed by atoms with E-state index in [-0.39, 0.29) is 6.09 Å². The number of piperidine rings is 1. The number of hydrogen-bond donors (Lipinski definition) is 0. The molecule has 1 amide bonds. The number of amides is 1. The largest absolute Gasteiger partial charge is 0.489 e. The van der Waals surface area contributed by atoms with Gasteiger partial charge in [-0.05, 0) is 56.2 Å². The van der Waals surface area contributed by atoms with Gasteiger partial charge in [0, 0.05) is 55.9 Å². The molecule has 29 heavy (non-hydrogen) atoms. The summed E-state index contributed by atoms with van der Waals surface area (Å²) in [7, 11) is 0. The van der Waals surface area contributed by atoms with Gasteiger partial charge in [-0.15, -0.1) is 0 Å². The highest BCUT2D eigenvalue weighted by molar-refractivity contribution is 6.30. The van der Waals surface area contributed by atoms with Gasteiger partial charge in [0.25, 0.3) is 0 Å². The zero-order valence-electron chi connectivity index (χ0n) is 17.1. The Morgan fingerprint density at radius 3 is 2.86 bits per heavy atom. The van der Waals surface area contributed by atoms with Gasteiger partial charge in [0.1, 0.15) is 12.4 Å². The van der Waals surface area contributed by atoms with Gasteiger partial charge in [-0.3, -0.25) is 9.80 Å². The van der Waals surface area contributed by atoms with Gasteiger partial charge < -0.3 is 14.4 Å². The average molecular weight is 420 g/mol. The number of ether oxygens (including phenoxy) is 2. The van der Waals surface area contributed by atoms with Crippen molar-refractivity contribution in [1.29, 1.82) is 0 Å². The summed E-state index contributed by atoms with van der Waals surface area (Å²) in [6, 6.07) is 6.34. The first-order chi connectivity index (χ1) is 14.1. The highest BCUT2D eigenvalue weighted by Gasteiger charge is 2.30. The minimum atomic E-state index is -0.179. The van der Waals surface area contributed by atoms with E-state index in [2.05, 4.69) is 15.9 Å². The topological polar surface area (TPSA) is 45.2 Å². The molecule has 0 unspecified atom stereocenters. The van der Waals surface area contributed by atoms with E-state index >= 15 is 0 Å². The summed E-state index contributed by atoms with van der Waals surface area (Å²) in [5.41, 5.74) is 2.37. The number of fused-ring (bicyclic) bond motifs is 1. The first kappa shape index (κ1) is 20.5. The van der Waals surface area contributed by atoms with Crippen LogP contribution in [0.15, 0.2) is 23.8 Å². The van der Waals surface area contributed by atoms with Gasteiger partial charge in [-0.2, -0.15) is 0 Å². The van der Waals surface area contributed by atoms with E-state index in [0.717, 1.165) is 62.1 Å². The number of benzene rings is 1. The molecule has 0 N–H and O–H groups in total. The van der Waals surface area contributed by atoms with Crippen molar-refractivity contribution in [3.63, 3.8) is 0 Å². The van der Waals surface area contributed by atoms with E-state index in [1.54, 1.807) is 0 Å². The van der Waals surface area contributed by atoms with Crippen LogP contribution in [0.25, 0.3) is 6.08 Å². The molecule has 1 atom stereocenters. The predicted molar refractivity (Wildman–Crippen MR) is 115 cm³/mol. The zero-order chi connectivity index (χ0) is 20.2. The van der Waals surface area contributed by atoms with Crippen molar-refractivity contribution < 1.29 is 14.3 Å². The standard InChI is InChI=1S/C22H30ClN3O3/c1-2-28-22(27)26-10-8-25(9-11-26)20-4-3-7-24(15-20)14-17-12-18-13-19(23)5-6-21(18)29-16-17/h5-6,12-13,20H,2-4,7-11,14-16H2,1H3/t20-/m0/s1. The normalized spacial score (nSPS) is 23.2. The predicted octanol–water partition coefficient (Wildman–Crippen LogP) is 3.35. The number of carbonyl (C=O) groups excluding carboxylic acids is 1. The van der Waals surface area contributed by atoms with E-state index in [0.29, 0.717) is 19.3 Å². The van der Waals surface area contributed by atoms with Crippen molar-refractivity contribution in [2.24, 2.45) is 0 Å². The molecule has 0 aromatic heterocycles. The lowest BCUT2D eigenvalue weighted by Gasteiger charge is -2.43. The molecular formula is C22H30ClN3O3. The molecule has 0 saturated carbocycles. The molecule has 3 aliphatic rings. The van der Waals surface area contributed by atoms with Gasteiger partial charge in [-0.25, -0.2) is 4.79 Å². The zero-order valence-corrected chi connectivity index (χ0v) is 17.9. The fraction of sp³-hybridized carbons (Fsp3) is 0.591. The van der Waals surface area contributed by atoms with Crippen molar-refractivity contribution in [1.82, 2.24) is 14.7 Å². The van der Waals surface area contributed by atoms with Gasteiger partial charge in [0.2, 0.25) is 0 Å². The molecule has 2 fully saturated rings. The minimum absolute atomic E-state index is 0.179.